The summed E-state index contributed by atoms with van der Waals surface area (Å²) in [5.74, 6) is 1.14. The van der Waals surface area contributed by atoms with Gasteiger partial charge in [-0.2, -0.15) is 0 Å². The van der Waals surface area contributed by atoms with Crippen LogP contribution in [0.2, 0.25) is 5.02 Å². The second-order valence-corrected chi connectivity index (χ2v) is 6.47. The van der Waals surface area contributed by atoms with Gasteiger partial charge in [-0.05, 0) is 44.5 Å². The summed E-state index contributed by atoms with van der Waals surface area (Å²) in [5, 5.41) is 0.645. The summed E-state index contributed by atoms with van der Waals surface area (Å²) in [7, 11) is 1.44. The maximum atomic E-state index is 12.0. The molecule has 0 N–H and O–H groups in total. The second kappa shape index (κ2) is 7.36. The maximum absolute atomic E-state index is 12.0. The molecular weight excluding hydrogens is 328 g/mol. The Bertz CT molecular complexity index is 729. The molecule has 1 unspecified atom stereocenters. The monoisotopic (exact) mass is 348 g/mol. The lowest BCUT2D eigenvalue weighted by Gasteiger charge is -2.33. The molecule has 1 atom stereocenters. The summed E-state index contributed by atoms with van der Waals surface area (Å²) in [6.07, 6.45) is 2.94. The van der Waals surface area contributed by atoms with Crippen LogP contribution in [-0.4, -0.2) is 35.5 Å². The van der Waals surface area contributed by atoms with E-state index >= 15 is 0 Å². The van der Waals surface area contributed by atoms with E-state index in [-0.39, 0.29) is 12.0 Å². The number of aryl methyl sites for hydroxylation is 1. The van der Waals surface area contributed by atoms with Gasteiger partial charge in [0.1, 0.15) is 11.8 Å². The van der Waals surface area contributed by atoms with Crippen molar-refractivity contribution in [1.82, 2.24) is 9.88 Å². The van der Waals surface area contributed by atoms with Crippen LogP contribution in [0.1, 0.15) is 30.7 Å². The first kappa shape index (κ1) is 17.0. The Kier molecular flexibility index (Phi) is 5.21. The highest BCUT2D eigenvalue weighted by Gasteiger charge is 2.30. The third kappa shape index (κ3) is 3.62. The van der Waals surface area contributed by atoms with E-state index in [1.807, 2.05) is 31.2 Å². The summed E-state index contributed by atoms with van der Waals surface area (Å²) in [4.78, 5) is 18.7. The summed E-state index contributed by atoms with van der Waals surface area (Å²) in [6.45, 7) is 3.34. The summed E-state index contributed by atoms with van der Waals surface area (Å²) < 4.78 is 10.7. The standard InChI is InChI=1S/C18H21ClN2O3/c1-12-15(11-21-9-4-3-8-16(21)18(22)23-2)20-17(24-12)13-6-5-7-14(19)10-13/h5-7,10,16H,3-4,8-9,11H2,1-2H3. The van der Waals surface area contributed by atoms with Gasteiger partial charge in [-0.1, -0.05) is 24.1 Å². The molecule has 5 nitrogen and oxygen atoms in total. The number of hydrogen-bond acceptors (Lipinski definition) is 5. The van der Waals surface area contributed by atoms with E-state index in [9.17, 15) is 4.79 Å². The molecule has 0 spiro atoms. The van der Waals surface area contributed by atoms with E-state index in [0.717, 1.165) is 42.8 Å². The van der Waals surface area contributed by atoms with Crippen molar-refractivity contribution in [2.75, 3.05) is 13.7 Å². The lowest BCUT2D eigenvalue weighted by molar-refractivity contribution is -0.148. The first-order chi connectivity index (χ1) is 11.6. The van der Waals surface area contributed by atoms with E-state index in [1.54, 1.807) is 0 Å². The zero-order valence-electron chi connectivity index (χ0n) is 13.9. The fourth-order valence-electron chi connectivity index (χ4n) is 3.10. The third-order valence-electron chi connectivity index (χ3n) is 4.40. The topological polar surface area (TPSA) is 55.6 Å². The molecule has 2 aromatic rings. The SMILES string of the molecule is COC(=O)C1CCCCN1Cc1nc(-c2cccc(Cl)c2)oc1C. The lowest BCUT2D eigenvalue weighted by Crippen LogP contribution is -2.44. The highest BCUT2D eigenvalue weighted by molar-refractivity contribution is 6.30. The Morgan fingerprint density at radius 2 is 2.29 bits per heavy atom. The van der Waals surface area contributed by atoms with Crippen LogP contribution in [0.5, 0.6) is 0 Å². The van der Waals surface area contributed by atoms with Crippen molar-refractivity contribution in [3.05, 3.63) is 40.7 Å². The van der Waals surface area contributed by atoms with Crippen molar-refractivity contribution in [2.45, 2.75) is 38.8 Å². The van der Waals surface area contributed by atoms with E-state index in [2.05, 4.69) is 9.88 Å². The van der Waals surface area contributed by atoms with Crippen molar-refractivity contribution in [1.29, 1.82) is 0 Å². The molecule has 2 heterocycles. The first-order valence-electron chi connectivity index (χ1n) is 8.12. The fraction of sp³-hybridized carbons (Fsp3) is 0.444. The molecule has 128 valence electrons. The maximum Gasteiger partial charge on any atom is 0.323 e. The third-order valence-corrected chi connectivity index (χ3v) is 4.64. The number of ether oxygens (including phenoxy) is 1. The van der Waals surface area contributed by atoms with E-state index < -0.39 is 0 Å². The Balaban J connectivity index is 1.81. The smallest absolute Gasteiger partial charge is 0.323 e. The zero-order chi connectivity index (χ0) is 17.1. The second-order valence-electron chi connectivity index (χ2n) is 6.04. The van der Waals surface area contributed by atoms with Gasteiger partial charge in [0.05, 0.1) is 12.8 Å². The fourth-order valence-corrected chi connectivity index (χ4v) is 3.29. The highest BCUT2D eigenvalue weighted by Crippen LogP contribution is 2.27. The zero-order valence-corrected chi connectivity index (χ0v) is 14.7. The lowest BCUT2D eigenvalue weighted by atomic mass is 10.0. The van der Waals surface area contributed by atoms with Crippen LogP contribution < -0.4 is 0 Å². The number of methoxy groups -OCH3 is 1. The molecule has 1 saturated heterocycles. The molecule has 24 heavy (non-hydrogen) atoms. The van der Waals surface area contributed by atoms with Gasteiger partial charge in [0.2, 0.25) is 5.89 Å². The number of rotatable bonds is 4. The van der Waals surface area contributed by atoms with Crippen molar-refractivity contribution in [2.24, 2.45) is 0 Å². The molecule has 0 amide bonds. The molecule has 0 saturated carbocycles. The van der Waals surface area contributed by atoms with Gasteiger partial charge in [-0.25, -0.2) is 4.98 Å². The molecule has 1 aromatic carbocycles. The van der Waals surface area contributed by atoms with Crippen molar-refractivity contribution in [3.63, 3.8) is 0 Å². The summed E-state index contributed by atoms with van der Waals surface area (Å²) in [6, 6.07) is 7.23. The van der Waals surface area contributed by atoms with Crippen molar-refractivity contribution >= 4 is 17.6 Å². The molecule has 1 fully saturated rings. The molecule has 0 aliphatic carbocycles. The summed E-state index contributed by atoms with van der Waals surface area (Å²) in [5.41, 5.74) is 1.70. The largest absolute Gasteiger partial charge is 0.468 e. The molecular formula is C18H21ClN2O3. The molecule has 1 aliphatic heterocycles. The quantitative estimate of drug-likeness (QED) is 0.786. The Labute approximate surface area is 146 Å². The number of aromatic nitrogens is 1. The van der Waals surface area contributed by atoms with Gasteiger partial charge in [0.15, 0.2) is 0 Å². The van der Waals surface area contributed by atoms with Gasteiger partial charge >= 0.3 is 5.97 Å². The molecule has 6 heteroatoms. The number of oxazole rings is 1. The Hall–Kier alpha value is -1.85. The highest BCUT2D eigenvalue weighted by atomic mass is 35.5. The van der Waals surface area contributed by atoms with Gasteiger partial charge in [0, 0.05) is 17.1 Å². The number of hydrogen-bond donors (Lipinski definition) is 0. The molecule has 0 bridgehead atoms. The predicted molar refractivity (Wildman–Crippen MR) is 91.8 cm³/mol. The van der Waals surface area contributed by atoms with Gasteiger partial charge in [-0.3, -0.25) is 9.69 Å². The van der Waals surface area contributed by atoms with Gasteiger partial charge in [0.25, 0.3) is 0 Å². The molecule has 1 aromatic heterocycles. The number of likely N-dealkylation sites (tertiary alicyclic amines) is 1. The van der Waals surface area contributed by atoms with Crippen LogP contribution in [0.3, 0.4) is 0 Å². The minimum atomic E-state index is -0.200. The van der Waals surface area contributed by atoms with Gasteiger partial charge in [-0.15, -0.1) is 0 Å². The normalized spacial score (nSPS) is 18.5. The summed E-state index contributed by atoms with van der Waals surface area (Å²) >= 11 is 6.04. The number of piperidine rings is 1. The van der Waals surface area contributed by atoms with Crippen LogP contribution in [0, 0.1) is 6.92 Å². The number of nitrogens with zero attached hydrogens (tertiary/aromatic N) is 2. The predicted octanol–water partition coefficient (Wildman–Crippen LogP) is 3.83. The van der Waals surface area contributed by atoms with Crippen LogP contribution in [-0.2, 0) is 16.1 Å². The minimum Gasteiger partial charge on any atom is -0.468 e. The van der Waals surface area contributed by atoms with E-state index in [0.29, 0.717) is 17.5 Å². The van der Waals surface area contributed by atoms with Crippen LogP contribution >= 0.6 is 11.6 Å². The van der Waals surface area contributed by atoms with Crippen LogP contribution in [0.25, 0.3) is 11.5 Å². The van der Waals surface area contributed by atoms with E-state index in [4.69, 9.17) is 20.8 Å². The number of halogens is 1. The van der Waals surface area contributed by atoms with Crippen molar-refractivity contribution in [3.8, 4) is 11.5 Å². The van der Waals surface area contributed by atoms with E-state index in [1.165, 1.54) is 7.11 Å². The van der Waals surface area contributed by atoms with Gasteiger partial charge < -0.3 is 9.15 Å². The van der Waals surface area contributed by atoms with Crippen LogP contribution in [0.15, 0.2) is 28.7 Å². The van der Waals surface area contributed by atoms with Crippen molar-refractivity contribution < 1.29 is 13.9 Å². The first-order valence-corrected chi connectivity index (χ1v) is 8.50. The average molecular weight is 349 g/mol. The molecule has 0 radical (unpaired) electrons. The van der Waals surface area contributed by atoms with Crippen LogP contribution in [0.4, 0.5) is 0 Å². The Morgan fingerprint density at radius 3 is 3.04 bits per heavy atom. The number of carbonyl (C=O) groups is 1. The number of benzene rings is 1. The Morgan fingerprint density at radius 1 is 1.46 bits per heavy atom. The number of esters is 1. The average Bonchev–Trinajstić information content (AvgIpc) is 2.95. The molecule has 1 aliphatic rings. The number of carbonyl (C=O) groups excluding carboxylic acids is 1. The molecule has 3 rings (SSSR count). The minimum absolute atomic E-state index is 0.175.